The first-order chi connectivity index (χ1) is 8.11. The van der Waals surface area contributed by atoms with E-state index in [-0.39, 0.29) is 5.69 Å². The molecule has 0 amide bonds. The lowest BCUT2D eigenvalue weighted by molar-refractivity contribution is -0.384. The monoisotopic (exact) mass is 233 g/mol. The van der Waals surface area contributed by atoms with Crippen molar-refractivity contribution in [2.75, 3.05) is 12.4 Å². The Morgan fingerprint density at radius 3 is 2.76 bits per heavy atom. The second-order valence-corrected chi connectivity index (χ2v) is 3.42. The van der Waals surface area contributed by atoms with Gasteiger partial charge in [-0.2, -0.15) is 0 Å². The standard InChI is InChI=1S/C10H11N5O2/c1-7-12-3-4-14(7)10-6-8(15(16)17)5-9(11-2)13-10/h3-6H,1-2H3,(H,11,13). The van der Waals surface area contributed by atoms with Crippen molar-refractivity contribution in [2.45, 2.75) is 6.92 Å². The quantitative estimate of drug-likeness (QED) is 0.641. The molecule has 0 aliphatic heterocycles. The summed E-state index contributed by atoms with van der Waals surface area (Å²) in [6.45, 7) is 1.81. The maximum absolute atomic E-state index is 10.8. The van der Waals surface area contributed by atoms with Crippen molar-refractivity contribution in [3.8, 4) is 5.82 Å². The molecule has 2 aromatic rings. The van der Waals surface area contributed by atoms with Crippen LogP contribution in [0.5, 0.6) is 0 Å². The Hall–Kier alpha value is -2.44. The van der Waals surface area contributed by atoms with Crippen molar-refractivity contribution in [1.29, 1.82) is 0 Å². The maximum atomic E-state index is 10.8. The minimum atomic E-state index is -0.446. The van der Waals surface area contributed by atoms with Crippen LogP contribution in [0.3, 0.4) is 0 Å². The van der Waals surface area contributed by atoms with E-state index in [0.717, 1.165) is 5.82 Å². The molecule has 0 aliphatic rings. The van der Waals surface area contributed by atoms with Gasteiger partial charge in [0, 0.05) is 19.4 Å². The molecular formula is C10H11N5O2. The van der Waals surface area contributed by atoms with E-state index in [9.17, 15) is 10.1 Å². The highest BCUT2D eigenvalue weighted by Crippen LogP contribution is 2.20. The summed E-state index contributed by atoms with van der Waals surface area (Å²) in [4.78, 5) is 18.7. The Bertz CT molecular complexity index is 564. The Morgan fingerprint density at radius 2 is 2.24 bits per heavy atom. The van der Waals surface area contributed by atoms with Crippen LogP contribution < -0.4 is 5.32 Å². The van der Waals surface area contributed by atoms with Gasteiger partial charge in [-0.1, -0.05) is 0 Å². The maximum Gasteiger partial charge on any atom is 0.276 e. The van der Waals surface area contributed by atoms with E-state index in [2.05, 4.69) is 15.3 Å². The number of nitrogens with zero attached hydrogens (tertiary/aromatic N) is 4. The fraction of sp³-hybridized carbons (Fsp3) is 0.200. The van der Waals surface area contributed by atoms with Gasteiger partial charge in [0.1, 0.15) is 17.5 Å². The van der Waals surface area contributed by atoms with Crippen LogP contribution in [0.2, 0.25) is 0 Å². The van der Waals surface area contributed by atoms with Gasteiger partial charge in [0.2, 0.25) is 0 Å². The zero-order chi connectivity index (χ0) is 12.4. The molecule has 0 bridgehead atoms. The third kappa shape index (κ3) is 2.07. The summed E-state index contributed by atoms with van der Waals surface area (Å²) in [5.41, 5.74) is -0.00699. The number of nitrogens with one attached hydrogen (secondary N) is 1. The Kier molecular flexibility index (Phi) is 2.73. The number of hydrogen-bond acceptors (Lipinski definition) is 5. The number of rotatable bonds is 3. The van der Waals surface area contributed by atoms with Crippen LogP contribution in [-0.2, 0) is 0 Å². The minimum absolute atomic E-state index is 0.00699. The molecule has 0 saturated carbocycles. The van der Waals surface area contributed by atoms with Crippen molar-refractivity contribution < 1.29 is 4.92 Å². The zero-order valence-electron chi connectivity index (χ0n) is 9.41. The first-order valence-corrected chi connectivity index (χ1v) is 4.96. The molecule has 0 aliphatic carbocycles. The molecule has 88 valence electrons. The van der Waals surface area contributed by atoms with E-state index < -0.39 is 4.92 Å². The molecule has 2 rings (SSSR count). The average Bonchev–Trinajstić information content (AvgIpc) is 2.74. The van der Waals surface area contributed by atoms with Crippen molar-refractivity contribution >= 4 is 11.5 Å². The molecule has 1 N–H and O–H groups in total. The SMILES string of the molecule is CNc1cc([N+](=O)[O-])cc(-n2ccnc2C)n1. The summed E-state index contributed by atoms with van der Waals surface area (Å²) in [7, 11) is 1.66. The number of nitro groups is 1. The van der Waals surface area contributed by atoms with Gasteiger partial charge >= 0.3 is 0 Å². The van der Waals surface area contributed by atoms with Crippen LogP contribution in [0.25, 0.3) is 5.82 Å². The smallest absolute Gasteiger partial charge is 0.276 e. The summed E-state index contributed by atoms with van der Waals surface area (Å²) < 4.78 is 1.69. The zero-order valence-corrected chi connectivity index (χ0v) is 9.41. The summed E-state index contributed by atoms with van der Waals surface area (Å²) in [6.07, 6.45) is 3.33. The van der Waals surface area contributed by atoms with Crippen LogP contribution in [-0.4, -0.2) is 26.5 Å². The molecule has 0 fully saturated rings. The largest absolute Gasteiger partial charge is 0.373 e. The number of pyridine rings is 1. The highest BCUT2D eigenvalue weighted by atomic mass is 16.6. The van der Waals surface area contributed by atoms with Gasteiger partial charge in [0.25, 0.3) is 5.69 Å². The number of aromatic nitrogens is 3. The predicted molar refractivity (Wildman–Crippen MR) is 62.3 cm³/mol. The lowest BCUT2D eigenvalue weighted by atomic mass is 10.3. The third-order valence-corrected chi connectivity index (χ3v) is 2.34. The van der Waals surface area contributed by atoms with Crippen LogP contribution in [0.4, 0.5) is 11.5 Å². The third-order valence-electron chi connectivity index (χ3n) is 2.34. The van der Waals surface area contributed by atoms with Crippen molar-refractivity contribution in [3.05, 3.63) is 40.5 Å². The van der Waals surface area contributed by atoms with Crippen molar-refractivity contribution in [2.24, 2.45) is 0 Å². The van der Waals surface area contributed by atoms with Gasteiger partial charge in [-0.05, 0) is 6.92 Å². The lowest BCUT2D eigenvalue weighted by Crippen LogP contribution is -2.03. The van der Waals surface area contributed by atoms with Crippen LogP contribution >= 0.6 is 0 Å². The topological polar surface area (TPSA) is 85.9 Å². The molecule has 0 spiro atoms. The number of imidazole rings is 1. The van der Waals surface area contributed by atoms with Gasteiger partial charge in [-0.3, -0.25) is 14.7 Å². The molecule has 0 radical (unpaired) electrons. The lowest BCUT2D eigenvalue weighted by Gasteiger charge is -2.06. The fourth-order valence-electron chi connectivity index (χ4n) is 1.48. The molecule has 0 aromatic carbocycles. The van der Waals surface area contributed by atoms with E-state index in [1.54, 1.807) is 30.9 Å². The Morgan fingerprint density at radius 1 is 1.47 bits per heavy atom. The molecule has 0 saturated heterocycles. The van der Waals surface area contributed by atoms with Crippen molar-refractivity contribution in [1.82, 2.24) is 14.5 Å². The van der Waals surface area contributed by atoms with E-state index in [1.165, 1.54) is 12.1 Å². The number of anilines is 1. The van der Waals surface area contributed by atoms with Crippen molar-refractivity contribution in [3.63, 3.8) is 0 Å². The highest BCUT2D eigenvalue weighted by molar-refractivity contribution is 5.50. The summed E-state index contributed by atoms with van der Waals surface area (Å²) >= 11 is 0. The molecule has 7 heteroatoms. The molecule has 2 heterocycles. The van der Waals surface area contributed by atoms with Gasteiger partial charge in [0.05, 0.1) is 17.1 Å². The molecule has 2 aromatic heterocycles. The fourth-order valence-corrected chi connectivity index (χ4v) is 1.48. The number of aryl methyl sites for hydroxylation is 1. The average molecular weight is 233 g/mol. The van der Waals surface area contributed by atoms with E-state index >= 15 is 0 Å². The summed E-state index contributed by atoms with van der Waals surface area (Å²) in [5, 5.41) is 13.6. The summed E-state index contributed by atoms with van der Waals surface area (Å²) in [6, 6.07) is 2.80. The van der Waals surface area contributed by atoms with E-state index in [0.29, 0.717) is 11.6 Å². The predicted octanol–water partition coefficient (Wildman–Crippen LogP) is 1.53. The van der Waals surface area contributed by atoms with Crippen LogP contribution in [0, 0.1) is 17.0 Å². The van der Waals surface area contributed by atoms with Gasteiger partial charge in [-0.25, -0.2) is 9.97 Å². The number of hydrogen-bond donors (Lipinski definition) is 1. The van der Waals surface area contributed by atoms with Gasteiger partial charge in [0.15, 0.2) is 0 Å². The molecule has 7 nitrogen and oxygen atoms in total. The molecule has 17 heavy (non-hydrogen) atoms. The second kappa shape index (κ2) is 4.20. The first-order valence-electron chi connectivity index (χ1n) is 4.96. The molecule has 0 atom stereocenters. The molecular weight excluding hydrogens is 222 g/mol. The first kappa shape index (κ1) is 11.1. The van der Waals surface area contributed by atoms with Crippen LogP contribution in [0.15, 0.2) is 24.5 Å². The Balaban J connectivity index is 2.58. The normalized spacial score (nSPS) is 10.2. The summed E-state index contributed by atoms with van der Waals surface area (Å²) in [5.74, 6) is 1.64. The van der Waals surface area contributed by atoms with E-state index in [1.807, 2.05) is 0 Å². The van der Waals surface area contributed by atoms with Gasteiger partial charge in [-0.15, -0.1) is 0 Å². The molecule has 0 unspecified atom stereocenters. The van der Waals surface area contributed by atoms with E-state index in [4.69, 9.17) is 0 Å². The van der Waals surface area contributed by atoms with Crippen LogP contribution in [0.1, 0.15) is 5.82 Å². The van der Waals surface area contributed by atoms with Gasteiger partial charge < -0.3 is 5.32 Å². The highest BCUT2D eigenvalue weighted by Gasteiger charge is 2.12. The Labute approximate surface area is 97.3 Å². The minimum Gasteiger partial charge on any atom is -0.373 e. The second-order valence-electron chi connectivity index (χ2n) is 3.42.